The number of hydrogen-bond donors (Lipinski definition) is 5. The predicted molar refractivity (Wildman–Crippen MR) is 122 cm³/mol. The smallest absolute Gasteiger partial charge is 0.330 e. The van der Waals surface area contributed by atoms with Crippen molar-refractivity contribution in [1.82, 2.24) is 20.9 Å². The van der Waals surface area contributed by atoms with E-state index in [1.54, 1.807) is 4.90 Å². The Labute approximate surface area is 194 Å². The maximum atomic E-state index is 12.3. The normalized spacial score (nSPS) is 25.2. The standard InChI is InChI=1S/C21H38N4O6S/c1-25(11-7-3-4-9-17(27)22-14(12-26)20(29)31-2)18(28)10-6-5-8-16-19-15(13-32-16)23-21(30)24-19/h14-16,19,21,23-24,26,30H,3-13H2,1-2H3,(H,22,27). The molecule has 5 unspecified atom stereocenters. The van der Waals surface area contributed by atoms with Gasteiger partial charge in [-0.2, -0.15) is 11.8 Å². The predicted octanol–water partition coefficient (Wildman–Crippen LogP) is -0.463. The van der Waals surface area contributed by atoms with Crippen LogP contribution in [0.5, 0.6) is 0 Å². The molecule has 2 rings (SSSR count). The molecule has 184 valence electrons. The van der Waals surface area contributed by atoms with E-state index in [1.807, 2.05) is 18.8 Å². The molecule has 0 aromatic heterocycles. The van der Waals surface area contributed by atoms with Crippen LogP contribution in [0.1, 0.15) is 51.4 Å². The molecule has 0 aromatic carbocycles. The molecular formula is C21H38N4O6S. The average molecular weight is 475 g/mol. The molecule has 0 aliphatic carbocycles. The van der Waals surface area contributed by atoms with Gasteiger partial charge >= 0.3 is 5.97 Å². The third-order valence-electron chi connectivity index (χ3n) is 6.00. The molecule has 11 heteroatoms. The highest BCUT2D eigenvalue weighted by molar-refractivity contribution is 8.00. The largest absolute Gasteiger partial charge is 0.467 e. The number of amides is 2. The number of ether oxygens (including phenoxy) is 1. The summed E-state index contributed by atoms with van der Waals surface area (Å²) in [5, 5.41) is 28.0. The molecule has 5 atom stereocenters. The molecule has 2 fully saturated rings. The quantitative estimate of drug-likeness (QED) is 0.167. The van der Waals surface area contributed by atoms with E-state index in [0.29, 0.717) is 36.7 Å². The summed E-state index contributed by atoms with van der Waals surface area (Å²) in [6, 6.07) is -0.379. The Morgan fingerprint density at radius 3 is 2.62 bits per heavy atom. The van der Waals surface area contributed by atoms with Crippen LogP contribution in [-0.2, 0) is 19.1 Å². The summed E-state index contributed by atoms with van der Waals surface area (Å²) in [7, 11) is 3.01. The maximum Gasteiger partial charge on any atom is 0.330 e. The lowest BCUT2D eigenvalue weighted by Crippen LogP contribution is -2.43. The summed E-state index contributed by atoms with van der Waals surface area (Å²) in [4.78, 5) is 37.3. The van der Waals surface area contributed by atoms with Gasteiger partial charge in [0.2, 0.25) is 11.8 Å². The molecule has 2 aliphatic heterocycles. The number of rotatable bonds is 14. The van der Waals surface area contributed by atoms with E-state index in [0.717, 1.165) is 37.9 Å². The van der Waals surface area contributed by atoms with Crippen molar-refractivity contribution in [3.05, 3.63) is 0 Å². The topological polar surface area (TPSA) is 140 Å². The summed E-state index contributed by atoms with van der Waals surface area (Å²) in [6.07, 6.45) is 5.33. The molecule has 0 saturated carbocycles. The monoisotopic (exact) mass is 474 g/mol. The van der Waals surface area contributed by atoms with Crippen LogP contribution in [0.4, 0.5) is 0 Å². The fourth-order valence-electron chi connectivity index (χ4n) is 4.10. The fraction of sp³-hybridized carbons (Fsp3) is 0.857. The molecule has 2 saturated heterocycles. The number of carbonyl (C=O) groups excluding carboxylic acids is 3. The summed E-state index contributed by atoms with van der Waals surface area (Å²) >= 11 is 1.93. The second-order valence-electron chi connectivity index (χ2n) is 8.44. The molecular weight excluding hydrogens is 436 g/mol. The third-order valence-corrected chi connectivity index (χ3v) is 7.51. The van der Waals surface area contributed by atoms with E-state index in [1.165, 1.54) is 7.11 Å². The van der Waals surface area contributed by atoms with E-state index in [-0.39, 0.29) is 18.2 Å². The van der Waals surface area contributed by atoms with Gasteiger partial charge in [-0.15, -0.1) is 0 Å². The van der Waals surface area contributed by atoms with Crippen molar-refractivity contribution in [1.29, 1.82) is 0 Å². The minimum absolute atomic E-state index is 0.139. The van der Waals surface area contributed by atoms with Crippen molar-refractivity contribution in [2.24, 2.45) is 0 Å². The van der Waals surface area contributed by atoms with Crippen LogP contribution < -0.4 is 16.0 Å². The number of methoxy groups -OCH3 is 1. The summed E-state index contributed by atoms with van der Waals surface area (Å²) in [6.45, 7) is 0.153. The fourth-order valence-corrected chi connectivity index (χ4v) is 5.67. The van der Waals surface area contributed by atoms with Crippen LogP contribution in [0.15, 0.2) is 0 Å². The van der Waals surface area contributed by atoms with E-state index in [2.05, 4.69) is 20.7 Å². The van der Waals surface area contributed by atoms with Gasteiger partial charge in [-0.1, -0.05) is 12.8 Å². The van der Waals surface area contributed by atoms with Gasteiger partial charge in [0, 0.05) is 49.5 Å². The van der Waals surface area contributed by atoms with Gasteiger partial charge in [0.25, 0.3) is 0 Å². The Balaban J connectivity index is 1.49. The van der Waals surface area contributed by atoms with Crippen LogP contribution in [0, 0.1) is 0 Å². The number of nitrogens with zero attached hydrogens (tertiary/aromatic N) is 1. The molecule has 2 aliphatic rings. The minimum atomic E-state index is -1.03. The van der Waals surface area contributed by atoms with Crippen LogP contribution in [0.25, 0.3) is 0 Å². The van der Waals surface area contributed by atoms with E-state index in [9.17, 15) is 19.5 Å². The molecule has 2 heterocycles. The number of fused-ring (bicyclic) bond motifs is 1. The summed E-state index contributed by atoms with van der Waals surface area (Å²) < 4.78 is 4.51. The van der Waals surface area contributed by atoms with Crippen molar-refractivity contribution in [2.45, 2.75) is 81.1 Å². The first-order valence-electron chi connectivity index (χ1n) is 11.4. The first-order valence-corrected chi connectivity index (χ1v) is 12.4. The number of unbranched alkanes of at least 4 members (excludes halogenated alkanes) is 3. The van der Waals surface area contributed by atoms with Gasteiger partial charge in [0.15, 0.2) is 12.4 Å². The molecule has 0 bridgehead atoms. The minimum Gasteiger partial charge on any atom is -0.467 e. The van der Waals surface area contributed by atoms with Gasteiger partial charge in [0.05, 0.1) is 13.7 Å². The highest BCUT2D eigenvalue weighted by atomic mass is 32.2. The zero-order valence-corrected chi connectivity index (χ0v) is 19.9. The van der Waals surface area contributed by atoms with E-state index in [4.69, 9.17) is 5.11 Å². The Bertz CT molecular complexity index is 625. The number of thioether (sulfide) groups is 1. The van der Waals surface area contributed by atoms with Crippen LogP contribution >= 0.6 is 11.8 Å². The van der Waals surface area contributed by atoms with Crippen molar-refractivity contribution in [2.75, 3.05) is 33.1 Å². The van der Waals surface area contributed by atoms with Crippen LogP contribution in [0.3, 0.4) is 0 Å². The zero-order valence-electron chi connectivity index (χ0n) is 19.0. The second-order valence-corrected chi connectivity index (χ2v) is 9.71. The Morgan fingerprint density at radius 2 is 1.91 bits per heavy atom. The van der Waals surface area contributed by atoms with E-state index >= 15 is 0 Å². The van der Waals surface area contributed by atoms with Gasteiger partial charge in [-0.3, -0.25) is 20.2 Å². The van der Waals surface area contributed by atoms with Crippen molar-refractivity contribution in [3.8, 4) is 0 Å². The van der Waals surface area contributed by atoms with Gasteiger partial charge < -0.3 is 25.2 Å². The summed E-state index contributed by atoms with van der Waals surface area (Å²) in [5.41, 5.74) is 0. The Hall–Kier alpha value is -1.40. The highest BCUT2D eigenvalue weighted by Crippen LogP contribution is 2.33. The Kier molecular flexibility index (Phi) is 11.7. The Morgan fingerprint density at radius 1 is 1.16 bits per heavy atom. The second kappa shape index (κ2) is 14.0. The molecule has 0 radical (unpaired) electrons. The van der Waals surface area contributed by atoms with Crippen LogP contribution in [-0.4, -0.2) is 95.7 Å². The third kappa shape index (κ3) is 8.51. The lowest BCUT2D eigenvalue weighted by Gasteiger charge is -2.19. The number of hydrogen-bond acceptors (Lipinski definition) is 9. The van der Waals surface area contributed by atoms with Crippen LogP contribution in [0.2, 0.25) is 0 Å². The SMILES string of the molecule is COC(=O)C(CO)NC(=O)CCCCCN(C)C(=O)CCCCC1SCC2NC(O)NC21. The molecule has 5 N–H and O–H groups in total. The van der Waals surface area contributed by atoms with Crippen molar-refractivity contribution < 1.29 is 29.3 Å². The maximum absolute atomic E-state index is 12.3. The van der Waals surface area contributed by atoms with Gasteiger partial charge in [-0.25, -0.2) is 4.79 Å². The van der Waals surface area contributed by atoms with E-state index < -0.39 is 25.0 Å². The first kappa shape index (κ1) is 26.8. The molecule has 32 heavy (non-hydrogen) atoms. The van der Waals surface area contributed by atoms with Crippen molar-refractivity contribution >= 4 is 29.5 Å². The van der Waals surface area contributed by atoms with Gasteiger partial charge in [-0.05, 0) is 25.7 Å². The number of esters is 1. The number of nitrogens with one attached hydrogen (secondary N) is 3. The average Bonchev–Trinajstić information content (AvgIpc) is 3.33. The highest BCUT2D eigenvalue weighted by Gasteiger charge is 2.42. The molecule has 10 nitrogen and oxygen atoms in total. The molecule has 0 aromatic rings. The van der Waals surface area contributed by atoms with Crippen molar-refractivity contribution in [3.63, 3.8) is 0 Å². The molecule has 2 amide bonds. The lowest BCUT2D eigenvalue weighted by atomic mass is 10.0. The molecule has 0 spiro atoms. The first-order chi connectivity index (χ1) is 15.3. The lowest BCUT2D eigenvalue weighted by molar-refractivity contribution is -0.146. The number of carbonyl (C=O) groups is 3. The zero-order chi connectivity index (χ0) is 23.5. The summed E-state index contributed by atoms with van der Waals surface area (Å²) in [5.74, 6) is 0.178. The van der Waals surface area contributed by atoms with Gasteiger partial charge in [0.1, 0.15) is 0 Å². The number of aliphatic hydroxyl groups is 2. The number of aliphatic hydroxyl groups excluding tert-OH is 2.